The average Bonchev–Trinajstić information content (AvgIpc) is 2.54. The van der Waals surface area contributed by atoms with Crippen LogP contribution >= 0.6 is 11.6 Å². The molecule has 0 radical (unpaired) electrons. The molecular weight excluding hydrogens is 332 g/mol. The van der Waals surface area contributed by atoms with E-state index in [9.17, 15) is 4.79 Å². The van der Waals surface area contributed by atoms with Crippen LogP contribution in [0.4, 0.5) is 5.95 Å². The second-order valence-electron chi connectivity index (χ2n) is 5.65. The maximum atomic E-state index is 12.1. The van der Waals surface area contributed by atoms with Crippen LogP contribution in [0.2, 0.25) is 5.02 Å². The van der Waals surface area contributed by atoms with Crippen LogP contribution in [0.1, 0.15) is 16.8 Å². The van der Waals surface area contributed by atoms with Gasteiger partial charge in [-0.1, -0.05) is 11.6 Å². The SMILES string of the molecule is COc1cc(CN2CCc3nc(N)[nH]c(=O)c3C2)cc(Cl)c1OC. The zero-order valence-corrected chi connectivity index (χ0v) is 14.3. The molecule has 1 aliphatic rings. The number of nitrogens with zero attached hydrogens (tertiary/aromatic N) is 2. The van der Waals surface area contributed by atoms with Crippen molar-refractivity contribution in [3.05, 3.63) is 44.3 Å². The van der Waals surface area contributed by atoms with Gasteiger partial charge in [0.1, 0.15) is 0 Å². The van der Waals surface area contributed by atoms with Crippen molar-refractivity contribution in [1.29, 1.82) is 0 Å². The minimum Gasteiger partial charge on any atom is -0.493 e. The summed E-state index contributed by atoms with van der Waals surface area (Å²) >= 11 is 6.25. The summed E-state index contributed by atoms with van der Waals surface area (Å²) in [6.45, 7) is 1.95. The number of ether oxygens (including phenoxy) is 2. The number of methoxy groups -OCH3 is 2. The van der Waals surface area contributed by atoms with Crippen molar-refractivity contribution in [1.82, 2.24) is 14.9 Å². The number of rotatable bonds is 4. The Balaban J connectivity index is 1.83. The van der Waals surface area contributed by atoms with Gasteiger partial charge in [-0.25, -0.2) is 4.98 Å². The van der Waals surface area contributed by atoms with Gasteiger partial charge in [0.2, 0.25) is 5.95 Å². The highest BCUT2D eigenvalue weighted by molar-refractivity contribution is 6.32. The van der Waals surface area contributed by atoms with E-state index in [1.165, 1.54) is 0 Å². The summed E-state index contributed by atoms with van der Waals surface area (Å²) in [4.78, 5) is 21.0. The molecule has 0 fully saturated rings. The third-order valence-electron chi connectivity index (χ3n) is 4.07. The van der Waals surface area contributed by atoms with Crippen molar-refractivity contribution in [2.24, 2.45) is 0 Å². The lowest BCUT2D eigenvalue weighted by Gasteiger charge is -2.27. The van der Waals surface area contributed by atoms with Gasteiger partial charge in [0.05, 0.1) is 30.5 Å². The highest BCUT2D eigenvalue weighted by Crippen LogP contribution is 2.36. The largest absolute Gasteiger partial charge is 0.493 e. The summed E-state index contributed by atoms with van der Waals surface area (Å²) in [7, 11) is 3.13. The van der Waals surface area contributed by atoms with Gasteiger partial charge in [0.25, 0.3) is 5.56 Å². The molecular formula is C16H19ClN4O3. The number of nitrogen functional groups attached to an aromatic ring is 1. The molecule has 7 nitrogen and oxygen atoms in total. The van der Waals surface area contributed by atoms with Crippen molar-refractivity contribution >= 4 is 17.5 Å². The van der Waals surface area contributed by atoms with Crippen LogP contribution in [-0.2, 0) is 19.5 Å². The van der Waals surface area contributed by atoms with Gasteiger partial charge in [-0.2, -0.15) is 0 Å². The fraction of sp³-hybridized carbons (Fsp3) is 0.375. The van der Waals surface area contributed by atoms with Crippen molar-refractivity contribution in [3.8, 4) is 11.5 Å². The van der Waals surface area contributed by atoms with Crippen molar-refractivity contribution in [3.63, 3.8) is 0 Å². The molecule has 2 aromatic rings. The molecule has 0 saturated carbocycles. The Morgan fingerprint density at radius 3 is 2.88 bits per heavy atom. The topological polar surface area (TPSA) is 93.5 Å². The predicted molar refractivity (Wildman–Crippen MR) is 91.6 cm³/mol. The van der Waals surface area contributed by atoms with E-state index in [1.54, 1.807) is 14.2 Å². The molecule has 3 N–H and O–H groups in total. The molecule has 0 aliphatic carbocycles. The Morgan fingerprint density at radius 1 is 1.38 bits per heavy atom. The van der Waals surface area contributed by atoms with E-state index in [0.717, 1.165) is 17.8 Å². The van der Waals surface area contributed by atoms with E-state index < -0.39 is 0 Å². The van der Waals surface area contributed by atoms with Gasteiger partial charge in [-0.05, 0) is 17.7 Å². The number of aromatic amines is 1. The molecule has 128 valence electrons. The van der Waals surface area contributed by atoms with Gasteiger partial charge < -0.3 is 15.2 Å². The lowest BCUT2D eigenvalue weighted by Crippen LogP contribution is -2.35. The van der Waals surface area contributed by atoms with Crippen LogP contribution < -0.4 is 20.8 Å². The van der Waals surface area contributed by atoms with Crippen LogP contribution in [0.5, 0.6) is 11.5 Å². The number of aromatic nitrogens is 2. The minimum absolute atomic E-state index is 0.166. The summed E-state index contributed by atoms with van der Waals surface area (Å²) in [5, 5.41) is 0.497. The number of H-pyrrole nitrogens is 1. The van der Waals surface area contributed by atoms with E-state index in [0.29, 0.717) is 41.6 Å². The van der Waals surface area contributed by atoms with Crippen molar-refractivity contribution in [2.75, 3.05) is 26.5 Å². The lowest BCUT2D eigenvalue weighted by atomic mass is 10.1. The summed E-state index contributed by atoms with van der Waals surface area (Å²) in [5.74, 6) is 1.27. The normalized spacial score (nSPS) is 14.3. The van der Waals surface area contributed by atoms with E-state index >= 15 is 0 Å². The van der Waals surface area contributed by atoms with Crippen LogP contribution in [0.3, 0.4) is 0 Å². The van der Waals surface area contributed by atoms with Gasteiger partial charge >= 0.3 is 0 Å². The summed E-state index contributed by atoms with van der Waals surface area (Å²) in [6, 6.07) is 3.75. The predicted octanol–water partition coefficient (Wildman–Crippen LogP) is 1.58. The third kappa shape index (κ3) is 3.18. The molecule has 24 heavy (non-hydrogen) atoms. The Labute approximate surface area is 144 Å². The average molecular weight is 351 g/mol. The first kappa shape index (κ1) is 16.6. The highest BCUT2D eigenvalue weighted by atomic mass is 35.5. The van der Waals surface area contributed by atoms with Crippen LogP contribution in [0, 0.1) is 0 Å². The molecule has 0 saturated heterocycles. The minimum atomic E-state index is -0.174. The Kier molecular flexibility index (Phi) is 4.64. The van der Waals surface area contributed by atoms with E-state index in [1.807, 2.05) is 12.1 Å². The zero-order chi connectivity index (χ0) is 17.3. The Hall–Kier alpha value is -2.25. The first-order valence-electron chi connectivity index (χ1n) is 7.52. The maximum absolute atomic E-state index is 12.1. The standard InChI is InChI=1S/C16H19ClN4O3/c1-23-13-6-9(5-11(17)14(13)24-2)7-21-4-3-12-10(8-21)15(22)20-16(18)19-12/h5-6H,3-4,7-8H2,1-2H3,(H3,18,19,20,22). The molecule has 0 atom stereocenters. The maximum Gasteiger partial charge on any atom is 0.257 e. The number of nitrogens with two attached hydrogens (primary N) is 1. The first-order chi connectivity index (χ1) is 11.5. The number of hydrogen-bond acceptors (Lipinski definition) is 6. The lowest BCUT2D eigenvalue weighted by molar-refractivity contribution is 0.241. The molecule has 1 aromatic heterocycles. The molecule has 8 heteroatoms. The van der Waals surface area contributed by atoms with Crippen molar-refractivity contribution in [2.45, 2.75) is 19.5 Å². The molecule has 0 bridgehead atoms. The smallest absolute Gasteiger partial charge is 0.257 e. The van der Waals surface area contributed by atoms with E-state index in [4.69, 9.17) is 26.8 Å². The van der Waals surface area contributed by atoms with E-state index in [2.05, 4.69) is 14.9 Å². The van der Waals surface area contributed by atoms with Crippen molar-refractivity contribution < 1.29 is 9.47 Å². The fourth-order valence-electron chi connectivity index (χ4n) is 2.96. The molecule has 3 rings (SSSR count). The van der Waals surface area contributed by atoms with Crippen LogP contribution in [0.15, 0.2) is 16.9 Å². The van der Waals surface area contributed by atoms with Gasteiger partial charge in [-0.15, -0.1) is 0 Å². The third-order valence-corrected chi connectivity index (χ3v) is 4.35. The summed E-state index contributed by atoms with van der Waals surface area (Å²) < 4.78 is 10.6. The molecule has 0 spiro atoms. The van der Waals surface area contributed by atoms with E-state index in [-0.39, 0.29) is 11.5 Å². The number of fused-ring (bicyclic) bond motifs is 1. The first-order valence-corrected chi connectivity index (χ1v) is 7.90. The summed E-state index contributed by atoms with van der Waals surface area (Å²) in [6.07, 6.45) is 0.685. The Morgan fingerprint density at radius 2 is 2.17 bits per heavy atom. The molecule has 1 aliphatic heterocycles. The zero-order valence-electron chi connectivity index (χ0n) is 13.6. The number of hydrogen-bond donors (Lipinski definition) is 2. The number of benzene rings is 1. The molecule has 0 unspecified atom stereocenters. The number of anilines is 1. The quantitative estimate of drug-likeness (QED) is 0.869. The number of halogens is 1. The monoisotopic (exact) mass is 350 g/mol. The van der Waals surface area contributed by atoms with Crippen LogP contribution in [-0.4, -0.2) is 35.6 Å². The fourth-order valence-corrected chi connectivity index (χ4v) is 3.27. The Bertz CT molecular complexity index is 822. The molecule has 2 heterocycles. The highest BCUT2D eigenvalue weighted by Gasteiger charge is 2.21. The second-order valence-corrected chi connectivity index (χ2v) is 6.06. The number of nitrogens with one attached hydrogen (secondary N) is 1. The molecule has 0 amide bonds. The van der Waals surface area contributed by atoms with Gasteiger partial charge in [0.15, 0.2) is 11.5 Å². The molecule has 1 aromatic carbocycles. The second kappa shape index (κ2) is 6.70. The summed E-state index contributed by atoms with van der Waals surface area (Å²) in [5.41, 5.74) is 7.85. The van der Waals surface area contributed by atoms with Gasteiger partial charge in [0, 0.05) is 26.1 Å². The van der Waals surface area contributed by atoms with Gasteiger partial charge in [-0.3, -0.25) is 14.7 Å². The van der Waals surface area contributed by atoms with Crippen LogP contribution in [0.25, 0.3) is 0 Å².